The van der Waals surface area contributed by atoms with Gasteiger partial charge in [-0.2, -0.15) is 0 Å². The SMILES string of the molecule is COC(=O)CC(CC1CCN(C(=O)OC(C)(C)C)CC1)C1=CCc2ccccc2C=C1. The molecule has 3 rings (SSSR count). The van der Waals surface area contributed by atoms with Gasteiger partial charge in [-0.3, -0.25) is 4.79 Å². The van der Waals surface area contributed by atoms with E-state index in [0.29, 0.717) is 25.4 Å². The van der Waals surface area contributed by atoms with E-state index in [1.165, 1.54) is 23.8 Å². The fourth-order valence-electron chi connectivity index (χ4n) is 4.37. The van der Waals surface area contributed by atoms with Crippen LogP contribution in [-0.4, -0.2) is 42.8 Å². The van der Waals surface area contributed by atoms with E-state index in [-0.39, 0.29) is 18.0 Å². The number of amides is 1. The topological polar surface area (TPSA) is 55.8 Å². The van der Waals surface area contributed by atoms with Crippen molar-refractivity contribution in [3.8, 4) is 0 Å². The minimum Gasteiger partial charge on any atom is -0.469 e. The molecular weight excluding hydrogens is 390 g/mol. The molecule has 5 nitrogen and oxygen atoms in total. The third-order valence-corrected chi connectivity index (χ3v) is 6.06. The maximum atomic E-state index is 12.3. The Bertz CT molecular complexity index is 841. The number of likely N-dealkylation sites (tertiary alicyclic amines) is 1. The van der Waals surface area contributed by atoms with Crippen LogP contribution in [0.5, 0.6) is 0 Å². The van der Waals surface area contributed by atoms with E-state index in [1.54, 1.807) is 4.90 Å². The maximum absolute atomic E-state index is 12.3. The number of nitrogens with zero attached hydrogens (tertiary/aromatic N) is 1. The summed E-state index contributed by atoms with van der Waals surface area (Å²) in [7, 11) is 1.45. The number of benzene rings is 1. The monoisotopic (exact) mass is 425 g/mol. The van der Waals surface area contributed by atoms with E-state index >= 15 is 0 Å². The standard InChI is InChI=1S/C26H35NO4/c1-26(2,3)31-25(29)27-15-13-19(14-16-27)17-23(18-24(28)30-4)22-11-9-20-7-5-6-8-21(20)10-12-22/h5-9,11-12,19,23H,10,13-18H2,1-4H3. The lowest BCUT2D eigenvalue weighted by Crippen LogP contribution is -2.42. The molecule has 5 heteroatoms. The van der Waals surface area contributed by atoms with Gasteiger partial charge in [-0.05, 0) is 75.0 Å². The number of rotatable bonds is 5. The van der Waals surface area contributed by atoms with Crippen molar-refractivity contribution < 1.29 is 19.1 Å². The highest BCUT2D eigenvalue weighted by molar-refractivity contribution is 5.70. The minimum atomic E-state index is -0.477. The number of fused-ring (bicyclic) bond motifs is 1. The molecule has 1 atom stereocenters. The van der Waals surface area contributed by atoms with Crippen molar-refractivity contribution in [1.29, 1.82) is 0 Å². The van der Waals surface area contributed by atoms with Crippen LogP contribution >= 0.6 is 0 Å². The van der Waals surface area contributed by atoms with Crippen molar-refractivity contribution in [3.63, 3.8) is 0 Å². The first kappa shape index (κ1) is 23.1. The number of allylic oxidation sites excluding steroid dienone is 3. The van der Waals surface area contributed by atoms with Gasteiger partial charge in [0.05, 0.1) is 13.5 Å². The molecule has 0 aromatic heterocycles. The number of carbonyl (C=O) groups excluding carboxylic acids is 2. The van der Waals surface area contributed by atoms with Crippen LogP contribution in [0.25, 0.3) is 6.08 Å². The van der Waals surface area contributed by atoms with Gasteiger partial charge in [-0.25, -0.2) is 4.79 Å². The molecule has 1 saturated heterocycles. The van der Waals surface area contributed by atoms with E-state index in [2.05, 4.69) is 42.5 Å². The zero-order valence-electron chi connectivity index (χ0n) is 19.2. The summed E-state index contributed by atoms with van der Waals surface area (Å²) in [4.78, 5) is 26.3. The number of hydrogen-bond acceptors (Lipinski definition) is 4. The summed E-state index contributed by atoms with van der Waals surface area (Å²) >= 11 is 0. The molecular formula is C26H35NO4. The third kappa shape index (κ3) is 6.71. The molecule has 0 N–H and O–H groups in total. The molecule has 31 heavy (non-hydrogen) atoms. The second-order valence-electron chi connectivity index (χ2n) is 9.56. The van der Waals surface area contributed by atoms with Crippen molar-refractivity contribution in [2.75, 3.05) is 20.2 Å². The highest BCUT2D eigenvalue weighted by Gasteiger charge is 2.29. The van der Waals surface area contributed by atoms with Crippen molar-refractivity contribution in [2.45, 2.75) is 58.5 Å². The molecule has 0 saturated carbocycles. The quantitative estimate of drug-likeness (QED) is 0.593. The maximum Gasteiger partial charge on any atom is 0.410 e. The summed E-state index contributed by atoms with van der Waals surface area (Å²) in [6.07, 6.45) is 10.4. The van der Waals surface area contributed by atoms with Crippen LogP contribution in [0.4, 0.5) is 4.79 Å². The molecule has 1 heterocycles. The molecule has 1 amide bonds. The Kier molecular flexibility index (Phi) is 7.58. The second-order valence-corrected chi connectivity index (χ2v) is 9.56. The van der Waals surface area contributed by atoms with E-state index in [1.807, 2.05) is 20.8 Å². The van der Waals surface area contributed by atoms with E-state index in [0.717, 1.165) is 25.7 Å². The number of carbonyl (C=O) groups is 2. The van der Waals surface area contributed by atoms with Gasteiger partial charge in [0.2, 0.25) is 0 Å². The third-order valence-electron chi connectivity index (χ3n) is 6.06. The fraction of sp³-hybridized carbons (Fsp3) is 0.538. The predicted molar refractivity (Wildman–Crippen MR) is 123 cm³/mol. The fourth-order valence-corrected chi connectivity index (χ4v) is 4.37. The molecule has 1 fully saturated rings. The van der Waals surface area contributed by atoms with Crippen LogP contribution in [0.1, 0.15) is 57.6 Å². The number of ether oxygens (including phenoxy) is 2. The summed E-state index contributed by atoms with van der Waals surface area (Å²) in [6.45, 7) is 7.07. The number of esters is 1. The number of piperidine rings is 1. The Morgan fingerprint density at radius 1 is 1.13 bits per heavy atom. The van der Waals surface area contributed by atoms with Crippen molar-refractivity contribution in [2.24, 2.45) is 11.8 Å². The number of hydrogen-bond donors (Lipinski definition) is 0. The lowest BCUT2D eigenvalue weighted by molar-refractivity contribution is -0.141. The summed E-state index contributed by atoms with van der Waals surface area (Å²) in [6, 6.07) is 8.40. The van der Waals surface area contributed by atoms with Crippen LogP contribution in [0.3, 0.4) is 0 Å². The molecule has 1 unspecified atom stereocenters. The highest BCUT2D eigenvalue weighted by atomic mass is 16.6. The Morgan fingerprint density at radius 3 is 2.52 bits per heavy atom. The molecule has 0 radical (unpaired) electrons. The van der Waals surface area contributed by atoms with Gasteiger partial charge in [-0.1, -0.05) is 42.5 Å². The molecule has 1 aromatic carbocycles. The first-order valence-electron chi connectivity index (χ1n) is 11.3. The van der Waals surface area contributed by atoms with Crippen LogP contribution in [0, 0.1) is 11.8 Å². The van der Waals surface area contributed by atoms with Gasteiger partial charge in [0.1, 0.15) is 5.60 Å². The molecule has 168 valence electrons. The van der Waals surface area contributed by atoms with Crippen molar-refractivity contribution >= 4 is 18.1 Å². The van der Waals surface area contributed by atoms with Gasteiger partial charge >= 0.3 is 12.1 Å². The van der Waals surface area contributed by atoms with Crippen LogP contribution in [0.15, 0.2) is 42.0 Å². The largest absolute Gasteiger partial charge is 0.469 e. The summed E-state index contributed by atoms with van der Waals surface area (Å²) in [5.41, 5.74) is 3.26. The van der Waals surface area contributed by atoms with E-state index in [4.69, 9.17) is 9.47 Å². The second kappa shape index (κ2) is 10.2. The molecule has 0 spiro atoms. The summed E-state index contributed by atoms with van der Waals surface area (Å²) < 4.78 is 10.5. The average molecular weight is 426 g/mol. The van der Waals surface area contributed by atoms with Crippen LogP contribution in [0.2, 0.25) is 0 Å². The average Bonchev–Trinajstić information content (AvgIpc) is 2.95. The van der Waals surface area contributed by atoms with E-state index < -0.39 is 5.60 Å². The zero-order chi connectivity index (χ0) is 22.4. The lowest BCUT2D eigenvalue weighted by atomic mass is 9.81. The van der Waals surface area contributed by atoms with Gasteiger partial charge < -0.3 is 14.4 Å². The van der Waals surface area contributed by atoms with Gasteiger partial charge in [0, 0.05) is 13.1 Å². The molecule has 0 bridgehead atoms. The Morgan fingerprint density at radius 2 is 1.84 bits per heavy atom. The van der Waals surface area contributed by atoms with Crippen molar-refractivity contribution in [1.82, 2.24) is 4.90 Å². The smallest absolute Gasteiger partial charge is 0.410 e. The van der Waals surface area contributed by atoms with Crippen LogP contribution < -0.4 is 0 Å². The van der Waals surface area contributed by atoms with Gasteiger partial charge in [0.25, 0.3) is 0 Å². The van der Waals surface area contributed by atoms with E-state index in [9.17, 15) is 9.59 Å². The lowest BCUT2D eigenvalue weighted by Gasteiger charge is -2.34. The zero-order valence-corrected chi connectivity index (χ0v) is 19.2. The molecule has 1 aromatic rings. The summed E-state index contributed by atoms with van der Waals surface area (Å²) in [5.74, 6) is 0.414. The van der Waals surface area contributed by atoms with Gasteiger partial charge in [0.15, 0.2) is 0 Å². The normalized spacial score (nSPS) is 17.9. The molecule has 1 aliphatic heterocycles. The van der Waals surface area contributed by atoms with Crippen molar-refractivity contribution in [3.05, 3.63) is 53.1 Å². The first-order valence-corrected chi connectivity index (χ1v) is 11.3. The Labute approximate surface area is 186 Å². The minimum absolute atomic E-state index is 0.121. The van der Waals surface area contributed by atoms with Gasteiger partial charge in [-0.15, -0.1) is 0 Å². The predicted octanol–water partition coefficient (Wildman–Crippen LogP) is 5.40. The Hall–Kier alpha value is -2.56. The van der Waals surface area contributed by atoms with Crippen LogP contribution in [-0.2, 0) is 20.7 Å². The molecule has 1 aliphatic carbocycles. The Balaban J connectivity index is 1.64. The summed E-state index contributed by atoms with van der Waals surface area (Å²) in [5, 5.41) is 0. The number of methoxy groups -OCH3 is 1. The molecule has 2 aliphatic rings. The first-order chi connectivity index (χ1) is 14.7. The highest BCUT2D eigenvalue weighted by Crippen LogP contribution is 2.33.